The summed E-state index contributed by atoms with van der Waals surface area (Å²) >= 11 is 9.27. The van der Waals surface area contributed by atoms with Crippen LogP contribution >= 0.6 is 27.5 Å². The number of halogens is 3. The van der Waals surface area contributed by atoms with E-state index in [9.17, 15) is 9.18 Å². The molecule has 1 fully saturated rings. The van der Waals surface area contributed by atoms with Crippen molar-refractivity contribution in [1.29, 1.82) is 0 Å². The average Bonchev–Trinajstić information content (AvgIpc) is 2.42. The third-order valence-electron chi connectivity index (χ3n) is 3.41. The van der Waals surface area contributed by atoms with Crippen LogP contribution in [0, 0.1) is 5.82 Å². The number of likely N-dealkylation sites (tertiary alicyclic amines) is 1. The van der Waals surface area contributed by atoms with Crippen LogP contribution in [0.4, 0.5) is 10.1 Å². The summed E-state index contributed by atoms with van der Waals surface area (Å²) in [5, 5.41) is 3.33. The van der Waals surface area contributed by atoms with E-state index in [2.05, 4.69) is 21.2 Å². The van der Waals surface area contributed by atoms with Crippen LogP contribution < -0.4 is 5.32 Å². The van der Waals surface area contributed by atoms with Gasteiger partial charge in [-0.25, -0.2) is 4.39 Å². The Morgan fingerprint density at radius 1 is 1.40 bits per heavy atom. The van der Waals surface area contributed by atoms with Gasteiger partial charge in [-0.15, -0.1) is 0 Å². The number of piperidine rings is 1. The Morgan fingerprint density at radius 2 is 2.05 bits per heavy atom. The molecule has 0 saturated carbocycles. The maximum absolute atomic E-state index is 13.2. The summed E-state index contributed by atoms with van der Waals surface area (Å²) in [4.78, 5) is 14.2. The molecule has 0 radical (unpaired) electrons. The topological polar surface area (TPSA) is 32.3 Å². The number of hydrogen-bond acceptors (Lipinski definition) is 2. The smallest absolute Gasteiger partial charge is 0.244 e. The summed E-state index contributed by atoms with van der Waals surface area (Å²) in [5.41, 5.74) is 0.547. The summed E-state index contributed by atoms with van der Waals surface area (Å²) in [6.45, 7) is 3.41. The van der Waals surface area contributed by atoms with Crippen molar-refractivity contribution in [3.05, 3.63) is 27.4 Å². The van der Waals surface area contributed by atoms with E-state index in [4.69, 9.17) is 11.6 Å². The van der Waals surface area contributed by atoms with Crippen LogP contribution in [0.2, 0.25) is 5.02 Å². The fourth-order valence-corrected chi connectivity index (χ4v) is 3.27. The SMILES string of the molecule is CC(Nc1c(Cl)cc(F)cc1Br)C(=O)N1CCCCC1. The Balaban J connectivity index is 2.07. The zero-order valence-corrected chi connectivity index (χ0v) is 13.6. The molecular formula is C14H17BrClFN2O. The van der Waals surface area contributed by atoms with Gasteiger partial charge in [-0.2, -0.15) is 0 Å². The Morgan fingerprint density at radius 3 is 2.65 bits per heavy atom. The van der Waals surface area contributed by atoms with Crippen molar-refractivity contribution in [2.75, 3.05) is 18.4 Å². The van der Waals surface area contributed by atoms with Crippen LogP contribution in [-0.2, 0) is 4.79 Å². The molecule has 1 aliphatic rings. The first-order chi connectivity index (χ1) is 9.49. The number of nitrogens with one attached hydrogen (secondary N) is 1. The Hall–Kier alpha value is -0.810. The van der Waals surface area contributed by atoms with Crippen LogP contribution in [0.25, 0.3) is 0 Å². The lowest BCUT2D eigenvalue weighted by Crippen LogP contribution is -2.44. The number of nitrogens with zero attached hydrogens (tertiary/aromatic N) is 1. The first-order valence-electron chi connectivity index (χ1n) is 6.69. The lowest BCUT2D eigenvalue weighted by atomic mass is 10.1. The van der Waals surface area contributed by atoms with Crippen molar-refractivity contribution in [3.8, 4) is 0 Å². The highest BCUT2D eigenvalue weighted by Crippen LogP contribution is 2.32. The number of carbonyl (C=O) groups is 1. The minimum absolute atomic E-state index is 0.0528. The van der Waals surface area contributed by atoms with Gasteiger partial charge in [0.1, 0.15) is 11.9 Å². The fraction of sp³-hybridized carbons (Fsp3) is 0.500. The van der Waals surface area contributed by atoms with Gasteiger partial charge in [0.2, 0.25) is 5.91 Å². The standard InChI is InChI=1S/C14H17BrClFN2O/c1-9(14(20)19-5-3-2-4-6-19)18-13-11(15)7-10(17)8-12(13)16/h7-9,18H,2-6H2,1H3. The third kappa shape index (κ3) is 3.64. The van der Waals surface area contributed by atoms with Gasteiger partial charge in [-0.1, -0.05) is 11.6 Å². The molecule has 1 saturated heterocycles. The lowest BCUT2D eigenvalue weighted by molar-refractivity contribution is -0.132. The van der Waals surface area contributed by atoms with Crippen molar-refractivity contribution >= 4 is 39.1 Å². The summed E-state index contributed by atoms with van der Waals surface area (Å²) in [7, 11) is 0. The average molecular weight is 364 g/mol. The van der Waals surface area contributed by atoms with Crippen LogP contribution in [0.1, 0.15) is 26.2 Å². The predicted molar refractivity (Wildman–Crippen MR) is 82.6 cm³/mol. The molecule has 0 bridgehead atoms. The molecule has 1 N–H and O–H groups in total. The Kier molecular flexibility index (Phi) is 5.27. The molecule has 1 atom stereocenters. The van der Waals surface area contributed by atoms with Crippen LogP contribution in [0.15, 0.2) is 16.6 Å². The highest BCUT2D eigenvalue weighted by atomic mass is 79.9. The molecule has 0 aliphatic carbocycles. The number of anilines is 1. The second-order valence-electron chi connectivity index (χ2n) is 5.00. The monoisotopic (exact) mass is 362 g/mol. The van der Waals surface area contributed by atoms with Crippen molar-refractivity contribution in [2.45, 2.75) is 32.2 Å². The maximum Gasteiger partial charge on any atom is 0.244 e. The number of carbonyl (C=O) groups excluding carboxylic acids is 1. The highest BCUT2D eigenvalue weighted by Gasteiger charge is 2.23. The third-order valence-corrected chi connectivity index (χ3v) is 4.33. The molecule has 6 heteroatoms. The van der Waals surface area contributed by atoms with Gasteiger partial charge >= 0.3 is 0 Å². The van der Waals surface area contributed by atoms with Crippen LogP contribution in [0.3, 0.4) is 0 Å². The molecule has 0 spiro atoms. The zero-order chi connectivity index (χ0) is 14.7. The van der Waals surface area contributed by atoms with E-state index < -0.39 is 11.9 Å². The van der Waals surface area contributed by atoms with Gasteiger partial charge in [0, 0.05) is 17.6 Å². The Bertz CT molecular complexity index is 483. The van der Waals surface area contributed by atoms with Gasteiger partial charge in [-0.3, -0.25) is 4.79 Å². The van der Waals surface area contributed by atoms with E-state index in [0.717, 1.165) is 25.9 Å². The molecule has 3 nitrogen and oxygen atoms in total. The molecule has 110 valence electrons. The summed E-state index contributed by atoms with van der Waals surface area (Å²) < 4.78 is 13.7. The van der Waals surface area contributed by atoms with Gasteiger partial charge in [0.05, 0.1) is 10.7 Å². The van der Waals surface area contributed by atoms with Gasteiger partial charge in [0.25, 0.3) is 0 Å². The van der Waals surface area contributed by atoms with Crippen molar-refractivity contribution < 1.29 is 9.18 Å². The van der Waals surface area contributed by atoms with Gasteiger partial charge in [-0.05, 0) is 54.2 Å². The molecule has 1 aliphatic heterocycles. The highest BCUT2D eigenvalue weighted by molar-refractivity contribution is 9.10. The maximum atomic E-state index is 13.2. The molecule has 1 amide bonds. The first kappa shape index (κ1) is 15.6. The molecule has 1 aromatic rings. The zero-order valence-electron chi connectivity index (χ0n) is 11.3. The van der Waals surface area contributed by atoms with E-state index in [1.54, 1.807) is 6.92 Å². The van der Waals surface area contributed by atoms with E-state index in [-0.39, 0.29) is 10.9 Å². The minimum Gasteiger partial charge on any atom is -0.372 e. The molecule has 1 heterocycles. The second kappa shape index (κ2) is 6.76. The molecule has 1 aromatic carbocycles. The summed E-state index contributed by atoms with van der Waals surface area (Å²) in [6.07, 6.45) is 3.29. The Labute approximate surface area is 131 Å². The second-order valence-corrected chi connectivity index (χ2v) is 6.26. The lowest BCUT2D eigenvalue weighted by Gasteiger charge is -2.30. The molecule has 0 aromatic heterocycles. The van der Waals surface area contributed by atoms with E-state index in [1.165, 1.54) is 18.6 Å². The normalized spacial score (nSPS) is 16.9. The van der Waals surface area contributed by atoms with Crippen LogP contribution in [-0.4, -0.2) is 29.9 Å². The largest absolute Gasteiger partial charge is 0.372 e. The predicted octanol–water partition coefficient (Wildman–Crippen LogP) is 4.05. The quantitative estimate of drug-likeness (QED) is 0.878. The molecule has 20 heavy (non-hydrogen) atoms. The fourth-order valence-electron chi connectivity index (χ4n) is 2.35. The molecule has 1 unspecified atom stereocenters. The number of amides is 1. The molecule has 2 rings (SSSR count). The number of benzene rings is 1. The van der Waals surface area contributed by atoms with Crippen LogP contribution in [0.5, 0.6) is 0 Å². The van der Waals surface area contributed by atoms with Crippen molar-refractivity contribution in [2.24, 2.45) is 0 Å². The van der Waals surface area contributed by atoms with E-state index in [0.29, 0.717) is 10.2 Å². The number of rotatable bonds is 3. The summed E-state index contributed by atoms with van der Waals surface area (Å²) in [5.74, 6) is -0.362. The van der Waals surface area contributed by atoms with Gasteiger partial charge in [0.15, 0.2) is 0 Å². The number of hydrogen-bond donors (Lipinski definition) is 1. The van der Waals surface area contributed by atoms with E-state index in [1.807, 2.05) is 4.90 Å². The first-order valence-corrected chi connectivity index (χ1v) is 7.86. The van der Waals surface area contributed by atoms with Crippen molar-refractivity contribution in [1.82, 2.24) is 4.90 Å². The molecular weight excluding hydrogens is 347 g/mol. The minimum atomic E-state index is -0.414. The van der Waals surface area contributed by atoms with Gasteiger partial charge < -0.3 is 10.2 Å². The van der Waals surface area contributed by atoms with E-state index >= 15 is 0 Å². The summed E-state index contributed by atoms with van der Waals surface area (Å²) in [6, 6.07) is 2.16. The van der Waals surface area contributed by atoms with Crippen molar-refractivity contribution in [3.63, 3.8) is 0 Å².